The summed E-state index contributed by atoms with van der Waals surface area (Å²) in [5.74, 6) is -1.15. The highest BCUT2D eigenvalue weighted by molar-refractivity contribution is 7.94. The predicted molar refractivity (Wildman–Crippen MR) is 127 cm³/mol. The molecule has 4 rings (SSSR count). The lowest BCUT2D eigenvalue weighted by molar-refractivity contribution is 0.0503. The normalized spacial score (nSPS) is 12.1. The maximum absolute atomic E-state index is 12.3. The van der Waals surface area contributed by atoms with Gasteiger partial charge in [0.15, 0.2) is 5.76 Å². The van der Waals surface area contributed by atoms with Crippen molar-refractivity contribution >= 4 is 60.1 Å². The Morgan fingerprint density at radius 1 is 1.12 bits per heavy atom. The van der Waals surface area contributed by atoms with Gasteiger partial charge in [0.1, 0.15) is 27.5 Å². The van der Waals surface area contributed by atoms with Gasteiger partial charge in [-0.15, -0.1) is 22.7 Å². The maximum atomic E-state index is 12.3. The quantitative estimate of drug-likeness (QED) is 0.213. The second-order valence-corrected chi connectivity index (χ2v) is 10.5. The van der Waals surface area contributed by atoms with Crippen LogP contribution in [-0.4, -0.2) is 31.1 Å². The number of nitrogens with zero attached hydrogens (tertiary/aromatic N) is 2. The largest absolute Gasteiger partial charge is 0.507 e. The van der Waals surface area contributed by atoms with Crippen LogP contribution in [-0.2, 0) is 14.8 Å². The Morgan fingerprint density at radius 3 is 2.55 bits per heavy atom. The first-order valence-electron chi connectivity index (χ1n) is 9.39. The van der Waals surface area contributed by atoms with Crippen LogP contribution in [0.5, 0.6) is 0 Å². The number of carbonyl (C=O) groups is 1. The van der Waals surface area contributed by atoms with Gasteiger partial charge in [-0.05, 0) is 47.8 Å². The number of nitrogens with one attached hydrogen (secondary N) is 1. The van der Waals surface area contributed by atoms with Crippen LogP contribution in [0.25, 0.3) is 15.8 Å². The third-order valence-electron chi connectivity index (χ3n) is 4.38. The number of sulfonamides is 1. The van der Waals surface area contributed by atoms with E-state index in [1.807, 2.05) is 24.3 Å². The maximum Gasteiger partial charge on any atom is 0.338 e. The zero-order chi connectivity index (χ0) is 23.4. The number of ether oxygens (including phenoxy) is 1. The Balaban J connectivity index is 1.43. The van der Waals surface area contributed by atoms with Gasteiger partial charge in [-0.1, -0.05) is 18.2 Å². The Morgan fingerprint density at radius 2 is 1.88 bits per heavy atom. The van der Waals surface area contributed by atoms with Crippen molar-refractivity contribution in [1.82, 2.24) is 4.98 Å². The van der Waals surface area contributed by atoms with Crippen LogP contribution < -0.4 is 4.72 Å². The van der Waals surface area contributed by atoms with Gasteiger partial charge in [0.2, 0.25) is 0 Å². The fraction of sp³-hybridized carbons (Fsp3) is 0.0455. The first-order chi connectivity index (χ1) is 15.9. The molecule has 0 atom stereocenters. The molecule has 166 valence electrons. The van der Waals surface area contributed by atoms with Crippen molar-refractivity contribution < 1.29 is 23.1 Å². The number of anilines is 1. The summed E-state index contributed by atoms with van der Waals surface area (Å²) in [4.78, 5) is 16.7. The number of nitriles is 1. The molecule has 0 aliphatic heterocycles. The zero-order valence-electron chi connectivity index (χ0n) is 16.8. The zero-order valence-corrected chi connectivity index (χ0v) is 19.2. The number of thiazole rings is 1. The molecule has 0 saturated carbocycles. The molecule has 0 aliphatic carbocycles. The second-order valence-electron chi connectivity index (χ2n) is 6.61. The van der Waals surface area contributed by atoms with Crippen molar-refractivity contribution in [3.63, 3.8) is 0 Å². The van der Waals surface area contributed by atoms with Crippen LogP contribution in [0.1, 0.15) is 15.4 Å². The Bertz CT molecular complexity index is 1450. The molecule has 0 saturated heterocycles. The van der Waals surface area contributed by atoms with Crippen LogP contribution >= 0.6 is 22.7 Å². The van der Waals surface area contributed by atoms with Crippen LogP contribution in [0.15, 0.2) is 76.0 Å². The summed E-state index contributed by atoms with van der Waals surface area (Å²) in [6, 6.07) is 18.0. The van der Waals surface area contributed by atoms with Crippen molar-refractivity contribution in [3.8, 4) is 6.07 Å². The molecule has 11 heteroatoms. The number of benzene rings is 2. The number of aliphatic hydroxyl groups excluding tert-OH is 1. The molecule has 0 spiro atoms. The molecule has 2 heterocycles. The van der Waals surface area contributed by atoms with Gasteiger partial charge in [0.05, 0.1) is 15.8 Å². The summed E-state index contributed by atoms with van der Waals surface area (Å²) < 4.78 is 33.1. The molecule has 0 amide bonds. The number of fused-ring (bicyclic) bond motifs is 1. The number of thiophene rings is 1. The average Bonchev–Trinajstić information content (AvgIpc) is 3.49. The summed E-state index contributed by atoms with van der Waals surface area (Å²) in [7, 11) is -3.70. The van der Waals surface area contributed by atoms with Crippen molar-refractivity contribution in [1.29, 1.82) is 5.26 Å². The molecule has 0 unspecified atom stereocenters. The number of rotatable bonds is 7. The highest BCUT2D eigenvalue weighted by Gasteiger charge is 2.17. The number of carbonyl (C=O) groups excluding carboxylic acids is 1. The Kier molecular flexibility index (Phi) is 6.41. The predicted octanol–water partition coefficient (Wildman–Crippen LogP) is 4.81. The van der Waals surface area contributed by atoms with Crippen molar-refractivity contribution in [2.45, 2.75) is 4.21 Å². The highest BCUT2D eigenvalue weighted by Crippen LogP contribution is 2.28. The SMILES string of the molecule is N#C/C(=C(/O)COC(=O)c1ccc(NS(=O)(=O)c2cccs2)cc1)c1nc2ccccc2s1. The number of aliphatic hydroxyl groups is 1. The standard InChI is InChI=1S/C22H15N3O5S3/c23-12-16(21-24-17-4-1-2-5-19(17)32-21)18(26)13-30-22(27)14-7-9-15(10-8-14)25-33(28,29)20-6-3-11-31-20/h1-11,25-26H,13H2/b18-16-. The fourth-order valence-corrected chi connectivity index (χ4v) is 5.83. The third kappa shape index (κ3) is 5.04. The van der Waals surface area contributed by atoms with Crippen LogP contribution in [0.2, 0.25) is 0 Å². The lowest BCUT2D eigenvalue weighted by Crippen LogP contribution is -2.12. The van der Waals surface area contributed by atoms with Crippen molar-refractivity contribution in [2.24, 2.45) is 0 Å². The molecular formula is C22H15N3O5S3. The van der Waals surface area contributed by atoms with Crippen molar-refractivity contribution in [2.75, 3.05) is 11.3 Å². The van der Waals surface area contributed by atoms with Gasteiger partial charge < -0.3 is 9.84 Å². The van der Waals surface area contributed by atoms with E-state index in [1.165, 1.54) is 41.7 Å². The third-order valence-corrected chi connectivity index (χ3v) is 8.21. The van der Waals surface area contributed by atoms with Crippen molar-refractivity contribution in [3.05, 3.63) is 82.4 Å². The molecule has 2 N–H and O–H groups in total. The van der Waals surface area contributed by atoms with Gasteiger partial charge in [0, 0.05) is 5.69 Å². The number of hydrogen-bond donors (Lipinski definition) is 2. The molecule has 2 aromatic heterocycles. The molecule has 8 nitrogen and oxygen atoms in total. The summed E-state index contributed by atoms with van der Waals surface area (Å²) in [6.45, 7) is -0.510. The molecule has 2 aromatic carbocycles. The van der Waals surface area contributed by atoms with Gasteiger partial charge >= 0.3 is 5.97 Å². The fourth-order valence-electron chi connectivity index (χ4n) is 2.80. The van der Waals surface area contributed by atoms with Crippen LogP contribution in [0, 0.1) is 11.3 Å². The number of aromatic nitrogens is 1. The second kappa shape index (κ2) is 9.41. The molecule has 33 heavy (non-hydrogen) atoms. The van der Waals surface area contributed by atoms with Crippen LogP contribution in [0.4, 0.5) is 5.69 Å². The first-order valence-corrected chi connectivity index (χ1v) is 12.6. The topological polar surface area (TPSA) is 129 Å². The minimum Gasteiger partial charge on any atom is -0.507 e. The molecule has 4 aromatic rings. The molecular weight excluding hydrogens is 482 g/mol. The molecule has 0 bridgehead atoms. The summed E-state index contributed by atoms with van der Waals surface area (Å²) in [5.41, 5.74) is 1.07. The van der Waals surface area contributed by atoms with E-state index in [2.05, 4.69) is 9.71 Å². The smallest absolute Gasteiger partial charge is 0.338 e. The van der Waals surface area contributed by atoms with E-state index in [0.29, 0.717) is 10.5 Å². The number of allylic oxidation sites excluding steroid dienone is 1. The van der Waals surface area contributed by atoms with Gasteiger partial charge in [-0.25, -0.2) is 18.2 Å². The van der Waals surface area contributed by atoms with E-state index >= 15 is 0 Å². The van der Waals surface area contributed by atoms with Gasteiger partial charge in [0.25, 0.3) is 10.0 Å². The Labute approximate surface area is 197 Å². The lowest BCUT2D eigenvalue weighted by Gasteiger charge is -2.08. The minimum absolute atomic E-state index is 0.0673. The summed E-state index contributed by atoms with van der Waals surface area (Å²) in [6.07, 6.45) is 0. The lowest BCUT2D eigenvalue weighted by atomic mass is 10.2. The van der Waals surface area contributed by atoms with E-state index < -0.39 is 28.4 Å². The molecule has 0 aliphatic rings. The highest BCUT2D eigenvalue weighted by atomic mass is 32.2. The number of para-hydroxylation sites is 1. The monoisotopic (exact) mass is 497 g/mol. The minimum atomic E-state index is -3.70. The van der Waals surface area contributed by atoms with Crippen LogP contribution in [0.3, 0.4) is 0 Å². The van der Waals surface area contributed by atoms with Gasteiger partial charge in [-0.2, -0.15) is 5.26 Å². The summed E-state index contributed by atoms with van der Waals surface area (Å²) >= 11 is 2.34. The first kappa shape index (κ1) is 22.5. The molecule has 0 radical (unpaired) electrons. The average molecular weight is 498 g/mol. The molecule has 0 fully saturated rings. The Hall–Kier alpha value is -3.72. The van der Waals surface area contributed by atoms with E-state index in [4.69, 9.17) is 4.74 Å². The number of hydrogen-bond acceptors (Lipinski definition) is 9. The number of esters is 1. The van der Waals surface area contributed by atoms with E-state index in [1.54, 1.807) is 17.5 Å². The van der Waals surface area contributed by atoms with E-state index in [0.717, 1.165) is 16.0 Å². The van der Waals surface area contributed by atoms with E-state index in [-0.39, 0.29) is 21.0 Å². The van der Waals surface area contributed by atoms with Gasteiger partial charge in [-0.3, -0.25) is 4.72 Å². The summed E-state index contributed by atoms with van der Waals surface area (Å²) in [5, 5.41) is 21.8. The van der Waals surface area contributed by atoms with E-state index in [9.17, 15) is 23.6 Å².